The first-order chi connectivity index (χ1) is 11.8. The summed E-state index contributed by atoms with van der Waals surface area (Å²) in [5.74, 6) is 1.13. The molecule has 0 bridgehead atoms. The minimum absolute atomic E-state index is 0.377. The average molecular weight is 331 g/mol. The number of hydrogen-bond acceptors (Lipinski definition) is 5. The van der Waals surface area contributed by atoms with E-state index in [-0.39, 0.29) is 0 Å². The quantitative estimate of drug-likeness (QED) is 0.847. The van der Waals surface area contributed by atoms with Gasteiger partial charge in [-0.15, -0.1) is 0 Å². The van der Waals surface area contributed by atoms with Crippen LogP contribution in [0.4, 0.5) is 5.82 Å². The van der Waals surface area contributed by atoms with Crippen LogP contribution in [0.2, 0.25) is 0 Å². The molecule has 5 heteroatoms. The Kier molecular flexibility index (Phi) is 5.01. The summed E-state index contributed by atoms with van der Waals surface area (Å²) in [6.45, 7) is 5.12. The lowest BCUT2D eigenvalue weighted by Crippen LogP contribution is -2.54. The molecule has 3 atom stereocenters. The summed E-state index contributed by atoms with van der Waals surface area (Å²) < 4.78 is 11.6. The molecule has 0 unspecified atom stereocenters. The van der Waals surface area contributed by atoms with E-state index in [1.54, 1.807) is 0 Å². The summed E-state index contributed by atoms with van der Waals surface area (Å²) in [5.41, 5.74) is 1.30. The van der Waals surface area contributed by atoms with Crippen LogP contribution >= 0.6 is 0 Å². The first-order valence-corrected chi connectivity index (χ1v) is 9.42. The van der Waals surface area contributed by atoms with Gasteiger partial charge in [0.25, 0.3) is 0 Å². The van der Waals surface area contributed by atoms with Crippen molar-refractivity contribution in [3.63, 3.8) is 0 Å². The molecule has 5 nitrogen and oxygen atoms in total. The molecule has 1 saturated carbocycles. The monoisotopic (exact) mass is 331 g/mol. The van der Waals surface area contributed by atoms with Gasteiger partial charge in [-0.05, 0) is 43.7 Å². The minimum atomic E-state index is 0.377. The molecular formula is C19H29N3O2. The second-order valence-electron chi connectivity index (χ2n) is 7.34. The van der Waals surface area contributed by atoms with Gasteiger partial charge >= 0.3 is 0 Å². The highest BCUT2D eigenvalue weighted by molar-refractivity contribution is 5.40. The van der Waals surface area contributed by atoms with Crippen LogP contribution in [0.25, 0.3) is 0 Å². The summed E-state index contributed by atoms with van der Waals surface area (Å²) in [5, 5.41) is 0. The zero-order valence-corrected chi connectivity index (χ0v) is 14.7. The van der Waals surface area contributed by atoms with Crippen molar-refractivity contribution in [1.29, 1.82) is 0 Å². The Balaban J connectivity index is 1.41. The molecule has 24 heavy (non-hydrogen) atoms. The molecular weight excluding hydrogens is 302 g/mol. The average Bonchev–Trinajstić information content (AvgIpc) is 3.17. The minimum Gasteiger partial charge on any atom is -0.381 e. The fraction of sp³-hybridized carbons (Fsp3) is 0.737. The lowest BCUT2D eigenvalue weighted by molar-refractivity contribution is -0.116. The highest BCUT2D eigenvalue weighted by Crippen LogP contribution is 2.31. The summed E-state index contributed by atoms with van der Waals surface area (Å²) in [6, 6.07) is 4.93. The maximum atomic E-state index is 6.01. The Morgan fingerprint density at radius 2 is 2.08 bits per heavy atom. The van der Waals surface area contributed by atoms with E-state index >= 15 is 0 Å². The van der Waals surface area contributed by atoms with Crippen LogP contribution in [-0.4, -0.2) is 61.5 Å². The Labute approximate surface area is 144 Å². The van der Waals surface area contributed by atoms with Gasteiger partial charge < -0.3 is 14.4 Å². The number of hydrogen-bond donors (Lipinski definition) is 0. The smallest absolute Gasteiger partial charge is 0.128 e. The Bertz CT molecular complexity index is 530. The van der Waals surface area contributed by atoms with Crippen molar-refractivity contribution in [1.82, 2.24) is 9.88 Å². The van der Waals surface area contributed by atoms with E-state index in [0.717, 1.165) is 57.9 Å². The van der Waals surface area contributed by atoms with Crippen LogP contribution in [-0.2, 0) is 16.0 Å². The summed E-state index contributed by atoms with van der Waals surface area (Å²) in [7, 11) is 1.83. The normalized spacial score (nSPS) is 31.2. The van der Waals surface area contributed by atoms with Gasteiger partial charge in [0, 0.05) is 45.5 Å². The van der Waals surface area contributed by atoms with Crippen molar-refractivity contribution < 1.29 is 9.47 Å². The number of rotatable bonds is 4. The van der Waals surface area contributed by atoms with E-state index in [0.29, 0.717) is 18.2 Å². The summed E-state index contributed by atoms with van der Waals surface area (Å²) in [4.78, 5) is 9.67. The molecule has 3 heterocycles. The predicted octanol–water partition coefficient (Wildman–Crippen LogP) is 2.45. The fourth-order valence-electron chi connectivity index (χ4n) is 4.44. The lowest BCUT2D eigenvalue weighted by atomic mass is 9.87. The first-order valence-electron chi connectivity index (χ1n) is 9.42. The number of pyridine rings is 1. The molecule has 1 aliphatic carbocycles. The molecule has 0 spiro atoms. The number of nitrogens with zero attached hydrogens (tertiary/aromatic N) is 3. The number of morpholine rings is 1. The molecule has 4 rings (SSSR count). The van der Waals surface area contributed by atoms with Gasteiger partial charge in [0.15, 0.2) is 0 Å². The number of ether oxygens (including phenoxy) is 2. The van der Waals surface area contributed by atoms with Crippen molar-refractivity contribution in [2.45, 2.75) is 56.9 Å². The van der Waals surface area contributed by atoms with E-state index in [1.807, 2.05) is 7.11 Å². The zero-order valence-electron chi connectivity index (χ0n) is 14.7. The fourth-order valence-corrected chi connectivity index (χ4v) is 4.44. The third-order valence-corrected chi connectivity index (χ3v) is 5.84. The van der Waals surface area contributed by atoms with Crippen molar-refractivity contribution >= 4 is 5.82 Å². The number of methoxy groups -OCH3 is 1. The maximum Gasteiger partial charge on any atom is 0.128 e. The molecule has 0 aromatic carbocycles. The van der Waals surface area contributed by atoms with E-state index < -0.39 is 0 Å². The van der Waals surface area contributed by atoms with E-state index in [1.165, 1.54) is 18.4 Å². The van der Waals surface area contributed by atoms with E-state index in [9.17, 15) is 0 Å². The van der Waals surface area contributed by atoms with Crippen molar-refractivity contribution in [3.8, 4) is 0 Å². The van der Waals surface area contributed by atoms with Gasteiger partial charge in [-0.2, -0.15) is 0 Å². The van der Waals surface area contributed by atoms with Crippen LogP contribution in [0, 0.1) is 0 Å². The summed E-state index contributed by atoms with van der Waals surface area (Å²) >= 11 is 0. The highest BCUT2D eigenvalue weighted by Gasteiger charge is 2.37. The first kappa shape index (κ1) is 16.3. The maximum absolute atomic E-state index is 6.01. The Morgan fingerprint density at radius 1 is 1.21 bits per heavy atom. The third-order valence-electron chi connectivity index (χ3n) is 5.84. The molecule has 2 saturated heterocycles. The molecule has 0 N–H and O–H groups in total. The topological polar surface area (TPSA) is 37.8 Å². The standard InChI is InChI=1S/C19H29N3O2/c1-23-16-5-6-18-17(12-16)22(10-11-24-18)14-15-4-7-19(20-13-15)21-8-2-3-9-21/h4,7,13,16-18H,2-3,5-6,8-12,14H2,1H3/t16-,17+,18-/m1/s1. The second-order valence-corrected chi connectivity index (χ2v) is 7.34. The van der Waals surface area contributed by atoms with Gasteiger partial charge in [0.1, 0.15) is 5.82 Å². The Hall–Kier alpha value is -1.17. The predicted molar refractivity (Wildman–Crippen MR) is 94.3 cm³/mol. The van der Waals surface area contributed by atoms with Crippen LogP contribution in [0.15, 0.2) is 18.3 Å². The second kappa shape index (κ2) is 7.38. The van der Waals surface area contributed by atoms with E-state index in [2.05, 4.69) is 28.1 Å². The van der Waals surface area contributed by atoms with Gasteiger partial charge in [0.05, 0.1) is 18.8 Å². The van der Waals surface area contributed by atoms with Crippen molar-refractivity contribution in [2.75, 3.05) is 38.3 Å². The van der Waals surface area contributed by atoms with Crippen molar-refractivity contribution in [3.05, 3.63) is 23.9 Å². The molecule has 1 aromatic rings. The zero-order chi connectivity index (χ0) is 16.4. The van der Waals surface area contributed by atoms with Crippen molar-refractivity contribution in [2.24, 2.45) is 0 Å². The van der Waals surface area contributed by atoms with Crippen LogP contribution in [0.5, 0.6) is 0 Å². The molecule has 1 aromatic heterocycles. The van der Waals surface area contributed by atoms with Crippen LogP contribution in [0.3, 0.4) is 0 Å². The van der Waals surface area contributed by atoms with E-state index in [4.69, 9.17) is 14.5 Å². The molecule has 0 radical (unpaired) electrons. The lowest BCUT2D eigenvalue weighted by Gasteiger charge is -2.45. The molecule has 2 aliphatic heterocycles. The largest absolute Gasteiger partial charge is 0.381 e. The van der Waals surface area contributed by atoms with Gasteiger partial charge in [-0.1, -0.05) is 6.07 Å². The SMILES string of the molecule is CO[C@@H]1CC[C@H]2OCCN(Cc3ccc(N4CCCC4)nc3)[C@H]2C1. The molecule has 3 fully saturated rings. The molecule has 0 amide bonds. The molecule has 3 aliphatic rings. The van der Waals surface area contributed by atoms with Gasteiger partial charge in [-0.3, -0.25) is 4.90 Å². The highest BCUT2D eigenvalue weighted by atomic mass is 16.5. The van der Waals surface area contributed by atoms with Gasteiger partial charge in [0.2, 0.25) is 0 Å². The van der Waals surface area contributed by atoms with Crippen LogP contribution in [0.1, 0.15) is 37.7 Å². The van der Waals surface area contributed by atoms with Gasteiger partial charge in [-0.25, -0.2) is 4.98 Å². The summed E-state index contributed by atoms with van der Waals surface area (Å²) in [6.07, 6.45) is 8.73. The number of anilines is 1. The number of fused-ring (bicyclic) bond motifs is 1. The number of aromatic nitrogens is 1. The third kappa shape index (κ3) is 3.44. The Morgan fingerprint density at radius 3 is 2.83 bits per heavy atom. The molecule has 132 valence electrons. The van der Waals surface area contributed by atoms with Crippen LogP contribution < -0.4 is 4.90 Å².